The van der Waals surface area contributed by atoms with Gasteiger partial charge in [-0.3, -0.25) is 10.1 Å². The van der Waals surface area contributed by atoms with Gasteiger partial charge in [-0.25, -0.2) is 9.59 Å². The molecule has 0 aromatic heterocycles. The molecule has 9 heteroatoms. The van der Waals surface area contributed by atoms with Crippen LogP contribution in [0.15, 0.2) is 53.9 Å². The number of allylic oxidation sites excluding steroid dienone is 2. The molecular formula is C17H16N2O7. The fourth-order valence-corrected chi connectivity index (χ4v) is 2.33. The van der Waals surface area contributed by atoms with Gasteiger partial charge >= 0.3 is 11.9 Å². The molecule has 0 aliphatic carbocycles. The third-order valence-corrected chi connectivity index (χ3v) is 3.53. The Labute approximate surface area is 148 Å². The molecule has 0 N–H and O–H groups in total. The van der Waals surface area contributed by atoms with Gasteiger partial charge in [0.05, 0.1) is 31.8 Å². The minimum Gasteiger partial charge on any atom is -0.497 e. The van der Waals surface area contributed by atoms with Crippen LogP contribution in [0.5, 0.6) is 5.75 Å². The van der Waals surface area contributed by atoms with Crippen molar-refractivity contribution in [1.29, 1.82) is 0 Å². The predicted octanol–water partition coefficient (Wildman–Crippen LogP) is 2.09. The molecule has 2 rings (SSSR count). The Hall–Kier alpha value is -3.62. The summed E-state index contributed by atoms with van der Waals surface area (Å²) in [6.45, 7) is 0. The highest BCUT2D eigenvalue weighted by Crippen LogP contribution is 2.36. The van der Waals surface area contributed by atoms with E-state index in [1.807, 2.05) is 0 Å². The van der Waals surface area contributed by atoms with Crippen LogP contribution in [0.25, 0.3) is 0 Å². The van der Waals surface area contributed by atoms with Crippen LogP contribution in [0, 0.1) is 10.1 Å². The molecule has 0 saturated heterocycles. The van der Waals surface area contributed by atoms with Crippen molar-refractivity contribution in [2.24, 2.45) is 0 Å². The Morgan fingerprint density at radius 3 is 2.35 bits per heavy atom. The van der Waals surface area contributed by atoms with E-state index in [1.165, 1.54) is 54.6 Å². The van der Waals surface area contributed by atoms with Gasteiger partial charge in [-0.05, 0) is 18.2 Å². The molecule has 1 aliphatic rings. The molecule has 0 bridgehead atoms. The average Bonchev–Trinajstić information content (AvgIpc) is 2.88. The van der Waals surface area contributed by atoms with Gasteiger partial charge in [0.15, 0.2) is 0 Å². The van der Waals surface area contributed by atoms with Gasteiger partial charge in [-0.2, -0.15) is 0 Å². The lowest BCUT2D eigenvalue weighted by Gasteiger charge is -2.23. The highest BCUT2D eigenvalue weighted by atomic mass is 16.6. The Morgan fingerprint density at radius 1 is 1.08 bits per heavy atom. The summed E-state index contributed by atoms with van der Waals surface area (Å²) < 4.78 is 14.6. The summed E-state index contributed by atoms with van der Waals surface area (Å²) in [4.78, 5) is 36.5. The monoisotopic (exact) mass is 360 g/mol. The maximum Gasteiger partial charge on any atom is 0.355 e. The first kappa shape index (κ1) is 18.7. The second-order valence-electron chi connectivity index (χ2n) is 4.93. The van der Waals surface area contributed by atoms with Crippen molar-refractivity contribution in [3.8, 4) is 5.75 Å². The van der Waals surface area contributed by atoms with Crippen LogP contribution < -0.4 is 9.64 Å². The first-order chi connectivity index (χ1) is 12.4. The number of nitro benzene ring substituents is 1. The number of nitrogens with zero attached hydrogens (tertiary/aromatic N) is 2. The fraction of sp³-hybridized carbons (Fsp3) is 0.176. The predicted molar refractivity (Wildman–Crippen MR) is 91.5 cm³/mol. The number of ether oxygens (including phenoxy) is 3. The molecule has 0 saturated carbocycles. The quantitative estimate of drug-likeness (QED) is 0.446. The van der Waals surface area contributed by atoms with Crippen LogP contribution in [0.3, 0.4) is 0 Å². The molecule has 136 valence electrons. The van der Waals surface area contributed by atoms with E-state index < -0.39 is 16.9 Å². The van der Waals surface area contributed by atoms with Crippen LogP contribution in [0.4, 0.5) is 11.4 Å². The summed E-state index contributed by atoms with van der Waals surface area (Å²) in [5.41, 5.74) is -0.596. The summed E-state index contributed by atoms with van der Waals surface area (Å²) in [5, 5.41) is 11.4. The number of nitro groups is 1. The van der Waals surface area contributed by atoms with Gasteiger partial charge in [0.2, 0.25) is 0 Å². The summed E-state index contributed by atoms with van der Waals surface area (Å²) >= 11 is 0. The molecule has 9 nitrogen and oxygen atoms in total. The highest BCUT2D eigenvalue weighted by Gasteiger charge is 2.31. The molecule has 0 spiro atoms. The van der Waals surface area contributed by atoms with Gasteiger partial charge in [-0.1, -0.05) is 6.08 Å². The summed E-state index contributed by atoms with van der Waals surface area (Å²) in [6.07, 6.45) is 5.78. The number of carbonyl (C=O) groups excluding carboxylic acids is 2. The number of benzene rings is 1. The topological polar surface area (TPSA) is 108 Å². The molecule has 1 aliphatic heterocycles. The molecule has 0 unspecified atom stereocenters. The number of carbonyl (C=O) groups is 2. The van der Waals surface area contributed by atoms with Crippen molar-refractivity contribution in [2.45, 2.75) is 0 Å². The van der Waals surface area contributed by atoms with Crippen molar-refractivity contribution >= 4 is 23.3 Å². The SMILES string of the molecule is COC(=O)C1=C(C(=O)OC)N(c2cc(OC)ccc2[N+](=O)[O-])C=CC=C1. The number of methoxy groups -OCH3 is 3. The largest absolute Gasteiger partial charge is 0.497 e. The zero-order chi connectivity index (χ0) is 19.3. The van der Waals surface area contributed by atoms with E-state index in [1.54, 1.807) is 0 Å². The Morgan fingerprint density at radius 2 is 1.77 bits per heavy atom. The maximum atomic E-state index is 12.4. The molecule has 26 heavy (non-hydrogen) atoms. The van der Waals surface area contributed by atoms with Crippen LogP contribution in [0.2, 0.25) is 0 Å². The second kappa shape index (κ2) is 7.97. The molecule has 1 heterocycles. The Kier molecular flexibility index (Phi) is 5.74. The van der Waals surface area contributed by atoms with E-state index >= 15 is 0 Å². The molecular weight excluding hydrogens is 344 g/mol. The van der Waals surface area contributed by atoms with Gasteiger partial charge < -0.3 is 19.1 Å². The van der Waals surface area contributed by atoms with E-state index in [2.05, 4.69) is 0 Å². The maximum absolute atomic E-state index is 12.4. The van der Waals surface area contributed by atoms with Gasteiger partial charge in [0.1, 0.15) is 17.1 Å². The zero-order valence-corrected chi connectivity index (χ0v) is 14.3. The third kappa shape index (κ3) is 3.56. The minimum atomic E-state index is -0.862. The Bertz CT molecular complexity index is 840. The standard InChI is InChI=1S/C17H16N2O7/c1-24-11-7-8-13(19(22)23)14(10-11)18-9-5-4-6-12(16(20)25-2)15(18)17(21)26-3/h4-10H,1-3H3. The smallest absolute Gasteiger partial charge is 0.355 e. The van der Waals surface area contributed by atoms with Crippen LogP contribution in [-0.2, 0) is 19.1 Å². The second-order valence-corrected chi connectivity index (χ2v) is 4.93. The van der Waals surface area contributed by atoms with Crippen molar-refractivity contribution in [3.05, 3.63) is 64.0 Å². The van der Waals surface area contributed by atoms with Crippen LogP contribution in [0.1, 0.15) is 0 Å². The average molecular weight is 360 g/mol. The number of anilines is 1. The Balaban J connectivity index is 2.79. The van der Waals surface area contributed by atoms with E-state index in [-0.39, 0.29) is 22.6 Å². The van der Waals surface area contributed by atoms with Crippen molar-refractivity contribution < 1.29 is 28.7 Å². The number of hydrogen-bond donors (Lipinski definition) is 0. The molecule has 1 aromatic rings. The number of rotatable bonds is 5. The third-order valence-electron chi connectivity index (χ3n) is 3.53. The van der Waals surface area contributed by atoms with Crippen LogP contribution >= 0.6 is 0 Å². The van der Waals surface area contributed by atoms with E-state index in [9.17, 15) is 19.7 Å². The number of hydrogen-bond acceptors (Lipinski definition) is 8. The van der Waals surface area contributed by atoms with E-state index in [0.29, 0.717) is 5.75 Å². The molecule has 0 radical (unpaired) electrons. The normalized spacial score (nSPS) is 13.3. The first-order valence-corrected chi connectivity index (χ1v) is 7.32. The lowest BCUT2D eigenvalue weighted by atomic mass is 10.1. The van der Waals surface area contributed by atoms with Gasteiger partial charge in [0, 0.05) is 18.3 Å². The molecule has 0 amide bonds. The minimum absolute atomic E-state index is 0.0242. The lowest BCUT2D eigenvalue weighted by molar-refractivity contribution is -0.384. The first-order valence-electron chi connectivity index (χ1n) is 7.32. The van der Waals surface area contributed by atoms with Crippen molar-refractivity contribution in [1.82, 2.24) is 0 Å². The molecule has 0 fully saturated rings. The summed E-state index contributed by atoms with van der Waals surface area (Å²) in [6, 6.07) is 4.04. The molecule has 0 atom stereocenters. The fourth-order valence-electron chi connectivity index (χ4n) is 2.33. The highest BCUT2D eigenvalue weighted by molar-refractivity contribution is 6.05. The van der Waals surface area contributed by atoms with Gasteiger partial charge in [0.25, 0.3) is 5.69 Å². The van der Waals surface area contributed by atoms with Crippen LogP contribution in [-0.4, -0.2) is 38.2 Å². The number of esters is 2. The van der Waals surface area contributed by atoms with Crippen molar-refractivity contribution in [2.75, 3.05) is 26.2 Å². The van der Waals surface area contributed by atoms with Crippen molar-refractivity contribution in [3.63, 3.8) is 0 Å². The molecule has 1 aromatic carbocycles. The lowest BCUT2D eigenvalue weighted by Crippen LogP contribution is -2.27. The summed E-state index contributed by atoms with van der Waals surface area (Å²) in [7, 11) is 3.71. The zero-order valence-electron chi connectivity index (χ0n) is 14.3. The van der Waals surface area contributed by atoms with E-state index in [4.69, 9.17) is 14.2 Å². The van der Waals surface area contributed by atoms with E-state index in [0.717, 1.165) is 14.2 Å². The summed E-state index contributed by atoms with van der Waals surface area (Å²) in [5.74, 6) is -1.32. The van der Waals surface area contributed by atoms with Gasteiger partial charge in [-0.15, -0.1) is 0 Å².